The van der Waals surface area contributed by atoms with Crippen LogP contribution >= 0.6 is 0 Å². The first kappa shape index (κ1) is 13.1. The van der Waals surface area contributed by atoms with E-state index in [-0.39, 0.29) is 0 Å². The quantitative estimate of drug-likeness (QED) is 0.846. The molecule has 2 heterocycles. The molecule has 100 valence electrons. The third-order valence-corrected chi connectivity index (χ3v) is 3.56. The summed E-state index contributed by atoms with van der Waals surface area (Å²) in [6, 6.07) is 4.44. The van der Waals surface area contributed by atoms with Gasteiger partial charge in [0.1, 0.15) is 11.6 Å². The van der Waals surface area contributed by atoms with E-state index in [0.717, 1.165) is 44.3 Å². The molecule has 18 heavy (non-hydrogen) atoms. The van der Waals surface area contributed by atoms with E-state index < -0.39 is 0 Å². The molecule has 2 rings (SSSR count). The van der Waals surface area contributed by atoms with Crippen molar-refractivity contribution in [1.82, 2.24) is 9.88 Å². The van der Waals surface area contributed by atoms with Gasteiger partial charge in [0.25, 0.3) is 0 Å². The molecule has 1 aliphatic rings. The largest absolute Gasteiger partial charge is 0.495 e. The molecule has 5 nitrogen and oxygen atoms in total. The number of piperazine rings is 1. The molecule has 0 spiro atoms. The molecular weight excluding hydrogens is 228 g/mol. The molecule has 1 aliphatic heterocycles. The minimum absolute atomic E-state index is 0.468. The Balaban J connectivity index is 1.92. The van der Waals surface area contributed by atoms with Crippen LogP contribution in [0.25, 0.3) is 0 Å². The van der Waals surface area contributed by atoms with Crippen molar-refractivity contribution in [3.8, 4) is 5.75 Å². The Kier molecular flexibility index (Phi) is 4.38. The zero-order valence-electron chi connectivity index (χ0n) is 11.2. The zero-order valence-corrected chi connectivity index (χ0v) is 11.2. The summed E-state index contributed by atoms with van der Waals surface area (Å²) in [5.41, 5.74) is 5.70. The second-order valence-electron chi connectivity index (χ2n) is 4.66. The van der Waals surface area contributed by atoms with Crippen LogP contribution in [0.4, 0.5) is 5.82 Å². The first-order valence-electron chi connectivity index (χ1n) is 6.43. The van der Waals surface area contributed by atoms with E-state index in [2.05, 4.69) is 21.7 Å². The highest BCUT2D eigenvalue weighted by Crippen LogP contribution is 2.17. The first-order valence-corrected chi connectivity index (χ1v) is 6.43. The van der Waals surface area contributed by atoms with Gasteiger partial charge in [0.05, 0.1) is 13.3 Å². The molecule has 1 aromatic heterocycles. The highest BCUT2D eigenvalue weighted by atomic mass is 16.5. The van der Waals surface area contributed by atoms with Crippen molar-refractivity contribution < 1.29 is 4.74 Å². The topological polar surface area (TPSA) is 54.6 Å². The second-order valence-corrected chi connectivity index (χ2v) is 4.66. The minimum atomic E-state index is 0.468. The van der Waals surface area contributed by atoms with Crippen LogP contribution in [0.3, 0.4) is 0 Å². The van der Waals surface area contributed by atoms with Gasteiger partial charge in [0.2, 0.25) is 0 Å². The van der Waals surface area contributed by atoms with Gasteiger partial charge < -0.3 is 15.4 Å². The van der Waals surface area contributed by atoms with Crippen molar-refractivity contribution in [2.45, 2.75) is 13.0 Å². The fraction of sp³-hybridized carbons (Fsp3) is 0.615. The number of hydrogen-bond acceptors (Lipinski definition) is 5. The summed E-state index contributed by atoms with van der Waals surface area (Å²) < 4.78 is 5.12. The average Bonchev–Trinajstić information content (AvgIpc) is 2.47. The van der Waals surface area contributed by atoms with E-state index in [1.54, 1.807) is 13.3 Å². The van der Waals surface area contributed by atoms with Crippen molar-refractivity contribution in [2.75, 3.05) is 44.7 Å². The monoisotopic (exact) mass is 250 g/mol. The highest BCUT2D eigenvalue weighted by molar-refractivity contribution is 5.41. The fourth-order valence-electron chi connectivity index (χ4n) is 2.22. The van der Waals surface area contributed by atoms with E-state index in [0.29, 0.717) is 6.04 Å². The molecule has 1 aromatic rings. The Morgan fingerprint density at radius 2 is 2.06 bits per heavy atom. The van der Waals surface area contributed by atoms with Crippen molar-refractivity contribution in [3.05, 3.63) is 18.3 Å². The van der Waals surface area contributed by atoms with E-state index in [9.17, 15) is 0 Å². The lowest BCUT2D eigenvalue weighted by Crippen LogP contribution is -2.51. The minimum Gasteiger partial charge on any atom is -0.495 e. The number of nitrogens with zero attached hydrogens (tertiary/aromatic N) is 3. The van der Waals surface area contributed by atoms with Gasteiger partial charge in [-0.2, -0.15) is 0 Å². The molecule has 1 atom stereocenters. The van der Waals surface area contributed by atoms with Crippen molar-refractivity contribution in [2.24, 2.45) is 5.73 Å². The van der Waals surface area contributed by atoms with Crippen LogP contribution < -0.4 is 15.4 Å². The molecular formula is C13H22N4O. The van der Waals surface area contributed by atoms with Gasteiger partial charge in [0.15, 0.2) is 0 Å². The normalized spacial score (nSPS) is 18.7. The summed E-state index contributed by atoms with van der Waals surface area (Å²) in [5.74, 6) is 1.82. The first-order chi connectivity index (χ1) is 8.74. The number of pyridine rings is 1. The maximum atomic E-state index is 5.70. The Labute approximate surface area is 109 Å². The van der Waals surface area contributed by atoms with Crippen LogP contribution in [0.5, 0.6) is 5.75 Å². The van der Waals surface area contributed by atoms with Gasteiger partial charge in [-0.25, -0.2) is 4.98 Å². The molecule has 0 aromatic carbocycles. The Bertz CT molecular complexity index is 360. The lowest BCUT2D eigenvalue weighted by atomic mass is 10.2. The maximum absolute atomic E-state index is 5.70. The standard InChI is InChI=1S/C13H22N4O/c1-11(9-14)16-5-7-17(8-6-16)13-4-3-12(18-2)10-15-13/h3-4,10-11H,5-9,14H2,1-2H3. The molecule has 1 fully saturated rings. The summed E-state index contributed by atoms with van der Waals surface area (Å²) >= 11 is 0. The van der Waals surface area contributed by atoms with Crippen molar-refractivity contribution in [3.63, 3.8) is 0 Å². The molecule has 1 saturated heterocycles. The number of hydrogen-bond donors (Lipinski definition) is 1. The molecule has 2 N–H and O–H groups in total. The SMILES string of the molecule is COc1ccc(N2CCN(C(C)CN)CC2)nc1. The number of anilines is 1. The van der Waals surface area contributed by atoms with Crippen LogP contribution in [0.1, 0.15) is 6.92 Å². The van der Waals surface area contributed by atoms with E-state index in [1.165, 1.54) is 0 Å². The molecule has 0 amide bonds. The zero-order chi connectivity index (χ0) is 13.0. The van der Waals surface area contributed by atoms with E-state index in [1.807, 2.05) is 12.1 Å². The Morgan fingerprint density at radius 3 is 2.56 bits per heavy atom. The van der Waals surface area contributed by atoms with Crippen LogP contribution in [-0.4, -0.2) is 55.8 Å². The molecule has 0 bridgehead atoms. The molecule has 0 radical (unpaired) electrons. The lowest BCUT2D eigenvalue weighted by molar-refractivity contribution is 0.201. The van der Waals surface area contributed by atoms with Crippen LogP contribution in [0.15, 0.2) is 18.3 Å². The van der Waals surface area contributed by atoms with Crippen LogP contribution in [-0.2, 0) is 0 Å². The summed E-state index contributed by atoms with van der Waals surface area (Å²) in [5, 5.41) is 0. The van der Waals surface area contributed by atoms with E-state index >= 15 is 0 Å². The third kappa shape index (κ3) is 2.91. The predicted octanol–water partition coefficient (Wildman–Crippen LogP) is 0.559. The lowest BCUT2D eigenvalue weighted by Gasteiger charge is -2.38. The maximum Gasteiger partial charge on any atom is 0.137 e. The smallest absolute Gasteiger partial charge is 0.137 e. The van der Waals surface area contributed by atoms with Crippen LogP contribution in [0.2, 0.25) is 0 Å². The summed E-state index contributed by atoms with van der Waals surface area (Å²) in [4.78, 5) is 9.16. The summed E-state index contributed by atoms with van der Waals surface area (Å²) in [7, 11) is 1.66. The molecule has 5 heteroatoms. The number of methoxy groups -OCH3 is 1. The second kappa shape index (κ2) is 6.02. The van der Waals surface area contributed by atoms with Gasteiger partial charge in [-0.3, -0.25) is 4.90 Å². The number of rotatable bonds is 4. The molecule has 0 saturated carbocycles. The number of aromatic nitrogens is 1. The van der Waals surface area contributed by atoms with Gasteiger partial charge in [0, 0.05) is 38.8 Å². The van der Waals surface area contributed by atoms with Crippen molar-refractivity contribution >= 4 is 5.82 Å². The van der Waals surface area contributed by atoms with Gasteiger partial charge >= 0.3 is 0 Å². The summed E-state index contributed by atoms with van der Waals surface area (Å²) in [6.45, 7) is 7.01. The van der Waals surface area contributed by atoms with Gasteiger partial charge in [-0.05, 0) is 19.1 Å². The predicted molar refractivity (Wildman–Crippen MR) is 73.1 cm³/mol. The van der Waals surface area contributed by atoms with Gasteiger partial charge in [-0.15, -0.1) is 0 Å². The van der Waals surface area contributed by atoms with Gasteiger partial charge in [-0.1, -0.05) is 0 Å². The number of nitrogens with two attached hydrogens (primary N) is 1. The fourth-order valence-corrected chi connectivity index (χ4v) is 2.22. The molecule has 1 unspecified atom stereocenters. The average molecular weight is 250 g/mol. The third-order valence-electron chi connectivity index (χ3n) is 3.56. The van der Waals surface area contributed by atoms with Crippen molar-refractivity contribution in [1.29, 1.82) is 0 Å². The summed E-state index contributed by atoms with van der Waals surface area (Å²) in [6.07, 6.45) is 1.77. The highest BCUT2D eigenvalue weighted by Gasteiger charge is 2.20. The van der Waals surface area contributed by atoms with E-state index in [4.69, 9.17) is 10.5 Å². The van der Waals surface area contributed by atoms with Crippen LogP contribution in [0, 0.1) is 0 Å². The Hall–Kier alpha value is -1.33. The number of ether oxygens (including phenoxy) is 1. The molecule has 0 aliphatic carbocycles. The Morgan fingerprint density at radius 1 is 1.33 bits per heavy atom.